The summed E-state index contributed by atoms with van der Waals surface area (Å²) in [6.45, 7) is -0.0391. The summed E-state index contributed by atoms with van der Waals surface area (Å²) in [4.78, 5) is 12.2. The molecule has 0 atom stereocenters. The lowest BCUT2D eigenvalue weighted by Crippen LogP contribution is -2.48. The zero-order valence-electron chi connectivity index (χ0n) is 12.4. The van der Waals surface area contributed by atoms with Gasteiger partial charge in [-0.1, -0.05) is 23.2 Å². The van der Waals surface area contributed by atoms with E-state index in [0.29, 0.717) is 0 Å². The van der Waals surface area contributed by atoms with E-state index in [0.717, 1.165) is 0 Å². The number of amides is 1. The van der Waals surface area contributed by atoms with E-state index in [1.807, 2.05) is 0 Å². The van der Waals surface area contributed by atoms with Gasteiger partial charge in [0.05, 0.1) is 34.3 Å². The van der Waals surface area contributed by atoms with Gasteiger partial charge in [-0.15, -0.1) is 0 Å². The van der Waals surface area contributed by atoms with Gasteiger partial charge in [-0.05, 0) is 25.0 Å². The summed E-state index contributed by atoms with van der Waals surface area (Å²) in [5.74, 6) is -0.349. The molecule has 1 aromatic rings. The first-order valence-electron chi connectivity index (χ1n) is 6.90. The molecule has 0 spiro atoms. The number of ether oxygens (including phenoxy) is 1. The molecule has 2 N–H and O–H groups in total. The third-order valence-corrected chi connectivity index (χ3v) is 6.01. The van der Waals surface area contributed by atoms with Crippen LogP contribution in [0.25, 0.3) is 0 Å². The monoisotopic (exact) mass is 381 g/mol. The van der Waals surface area contributed by atoms with Crippen molar-refractivity contribution in [2.45, 2.75) is 18.4 Å². The van der Waals surface area contributed by atoms with Crippen molar-refractivity contribution in [2.75, 3.05) is 25.2 Å². The van der Waals surface area contributed by atoms with Gasteiger partial charge in [-0.25, -0.2) is 8.42 Å². The van der Waals surface area contributed by atoms with Gasteiger partial charge in [-0.2, -0.15) is 0 Å². The molecule has 0 unspecified atom stereocenters. The van der Waals surface area contributed by atoms with Crippen LogP contribution in [0.15, 0.2) is 12.1 Å². The van der Waals surface area contributed by atoms with Gasteiger partial charge in [0.1, 0.15) is 0 Å². The zero-order chi connectivity index (χ0) is 17.3. The molecule has 6 nitrogen and oxygen atoms in total. The van der Waals surface area contributed by atoms with E-state index < -0.39 is 21.3 Å². The molecule has 0 saturated carbocycles. The smallest absolute Gasteiger partial charge is 0.251 e. The van der Waals surface area contributed by atoms with Gasteiger partial charge in [-0.3, -0.25) is 4.79 Å². The normalized spacial score (nSPS) is 19.1. The molecule has 2 rings (SSSR count). The highest BCUT2D eigenvalue weighted by molar-refractivity contribution is 7.91. The average Bonchev–Trinajstić information content (AvgIpc) is 2.48. The van der Waals surface area contributed by atoms with Crippen LogP contribution in [0.2, 0.25) is 10.0 Å². The molecular formula is C14H17Cl2NO5S. The summed E-state index contributed by atoms with van der Waals surface area (Å²) in [5.41, 5.74) is -0.992. The number of aliphatic hydroxyl groups is 1. The largest absolute Gasteiger partial charge is 0.494 e. The maximum Gasteiger partial charge on any atom is 0.251 e. The number of sulfone groups is 1. The molecule has 0 bridgehead atoms. The molecule has 1 aliphatic rings. The Morgan fingerprint density at radius 2 is 1.83 bits per heavy atom. The highest BCUT2D eigenvalue weighted by Gasteiger charge is 2.35. The van der Waals surface area contributed by atoms with Crippen molar-refractivity contribution < 1.29 is 23.1 Å². The molecule has 1 fully saturated rings. The van der Waals surface area contributed by atoms with Crippen LogP contribution < -0.4 is 10.1 Å². The topological polar surface area (TPSA) is 92.7 Å². The van der Waals surface area contributed by atoms with Gasteiger partial charge >= 0.3 is 0 Å². The number of carbonyl (C=O) groups is 1. The van der Waals surface area contributed by atoms with Crippen LogP contribution in [0.5, 0.6) is 5.75 Å². The Balaban J connectivity index is 2.03. The van der Waals surface area contributed by atoms with Crippen molar-refractivity contribution in [1.29, 1.82) is 0 Å². The molecule has 0 aliphatic carbocycles. The standard InChI is InChI=1S/C14H17Cl2NO5S/c1-22-12-10(15)6-9(7-11(12)16)13(18)17-8-14(19)2-4-23(20,21)5-3-14/h6-7,19H,2-5,8H2,1H3,(H,17,18). The summed E-state index contributed by atoms with van der Waals surface area (Å²) in [6.07, 6.45) is 0.194. The van der Waals surface area contributed by atoms with Crippen LogP contribution in [-0.4, -0.2) is 50.2 Å². The maximum absolute atomic E-state index is 12.2. The fourth-order valence-electron chi connectivity index (χ4n) is 2.33. The Hall–Kier alpha value is -1.02. The minimum Gasteiger partial charge on any atom is -0.494 e. The van der Waals surface area contributed by atoms with Crippen LogP contribution >= 0.6 is 23.2 Å². The first-order chi connectivity index (χ1) is 10.7. The molecule has 9 heteroatoms. The quantitative estimate of drug-likeness (QED) is 0.827. The number of methoxy groups -OCH3 is 1. The molecule has 1 saturated heterocycles. The molecule has 23 heavy (non-hydrogen) atoms. The number of benzene rings is 1. The third kappa shape index (κ3) is 4.50. The summed E-state index contributed by atoms with van der Waals surface area (Å²) in [7, 11) is -1.67. The van der Waals surface area contributed by atoms with Gasteiger partial charge in [0, 0.05) is 12.1 Å². The predicted molar refractivity (Wildman–Crippen MR) is 88.2 cm³/mol. The number of hydrogen-bond donors (Lipinski definition) is 2. The second-order valence-corrected chi connectivity index (χ2v) is 8.65. The van der Waals surface area contributed by atoms with E-state index in [9.17, 15) is 18.3 Å². The Kier molecular flexibility index (Phi) is 5.45. The lowest BCUT2D eigenvalue weighted by molar-refractivity contribution is 0.0296. The summed E-state index contributed by atoms with van der Waals surface area (Å²) >= 11 is 12.0. The Labute approximate surface area is 144 Å². The van der Waals surface area contributed by atoms with Crippen LogP contribution in [0.1, 0.15) is 23.2 Å². The number of nitrogens with one attached hydrogen (secondary N) is 1. The molecule has 0 radical (unpaired) electrons. The number of carbonyl (C=O) groups excluding carboxylic acids is 1. The molecule has 1 aliphatic heterocycles. The van der Waals surface area contributed by atoms with Crippen molar-refractivity contribution in [3.05, 3.63) is 27.7 Å². The van der Waals surface area contributed by atoms with E-state index >= 15 is 0 Å². The maximum atomic E-state index is 12.2. The van der Waals surface area contributed by atoms with E-state index in [2.05, 4.69) is 5.32 Å². The molecular weight excluding hydrogens is 365 g/mol. The summed E-state index contributed by atoms with van der Waals surface area (Å²) < 4.78 is 27.8. The van der Waals surface area contributed by atoms with Gasteiger partial charge in [0.2, 0.25) is 0 Å². The fraction of sp³-hybridized carbons (Fsp3) is 0.500. The van der Waals surface area contributed by atoms with Crippen molar-refractivity contribution in [3.63, 3.8) is 0 Å². The number of halogens is 2. The second-order valence-electron chi connectivity index (χ2n) is 5.53. The van der Waals surface area contributed by atoms with Crippen LogP contribution in [0.4, 0.5) is 0 Å². The minimum absolute atomic E-state index is 0.0391. The van der Waals surface area contributed by atoms with Crippen LogP contribution in [-0.2, 0) is 9.84 Å². The fourth-order valence-corrected chi connectivity index (χ4v) is 4.56. The minimum atomic E-state index is -3.08. The SMILES string of the molecule is COc1c(Cl)cc(C(=O)NCC2(O)CCS(=O)(=O)CC2)cc1Cl. The van der Waals surface area contributed by atoms with E-state index in [1.54, 1.807) is 0 Å². The Bertz CT molecular complexity index is 683. The lowest BCUT2D eigenvalue weighted by atomic mass is 9.97. The first kappa shape index (κ1) is 18.3. The van der Waals surface area contributed by atoms with Crippen molar-refractivity contribution in [2.24, 2.45) is 0 Å². The lowest BCUT2D eigenvalue weighted by Gasteiger charge is -2.31. The predicted octanol–water partition coefficient (Wildman–Crippen LogP) is 1.67. The van der Waals surface area contributed by atoms with Gasteiger partial charge < -0.3 is 15.2 Å². The highest BCUT2D eigenvalue weighted by atomic mass is 35.5. The Morgan fingerprint density at radius 1 is 1.30 bits per heavy atom. The van der Waals surface area contributed by atoms with E-state index in [4.69, 9.17) is 27.9 Å². The second kappa shape index (κ2) is 6.84. The molecule has 0 aromatic heterocycles. The van der Waals surface area contributed by atoms with Crippen LogP contribution in [0, 0.1) is 0 Å². The zero-order valence-corrected chi connectivity index (χ0v) is 14.8. The summed E-state index contributed by atoms with van der Waals surface area (Å²) in [5, 5.41) is 13.3. The Morgan fingerprint density at radius 3 is 2.30 bits per heavy atom. The highest BCUT2D eigenvalue weighted by Crippen LogP contribution is 2.33. The number of hydrogen-bond acceptors (Lipinski definition) is 5. The van der Waals surface area contributed by atoms with Crippen molar-refractivity contribution >= 4 is 38.9 Å². The number of rotatable bonds is 4. The van der Waals surface area contributed by atoms with Gasteiger partial charge in [0.25, 0.3) is 5.91 Å². The van der Waals surface area contributed by atoms with Crippen molar-refractivity contribution in [1.82, 2.24) is 5.32 Å². The molecule has 1 heterocycles. The van der Waals surface area contributed by atoms with E-state index in [-0.39, 0.29) is 52.3 Å². The van der Waals surface area contributed by atoms with Crippen LogP contribution in [0.3, 0.4) is 0 Å². The molecule has 1 amide bonds. The average molecular weight is 382 g/mol. The third-order valence-electron chi connectivity index (χ3n) is 3.80. The molecule has 128 valence electrons. The van der Waals surface area contributed by atoms with Crippen molar-refractivity contribution in [3.8, 4) is 5.75 Å². The first-order valence-corrected chi connectivity index (χ1v) is 9.47. The molecule has 1 aromatic carbocycles. The van der Waals surface area contributed by atoms with Gasteiger partial charge in [0.15, 0.2) is 15.6 Å². The summed E-state index contributed by atoms with van der Waals surface area (Å²) in [6, 6.07) is 2.83. The van der Waals surface area contributed by atoms with E-state index in [1.165, 1.54) is 19.2 Å².